The molecule has 0 unspecified atom stereocenters. The van der Waals surface area contributed by atoms with Crippen molar-refractivity contribution in [1.82, 2.24) is 0 Å². The lowest BCUT2D eigenvalue weighted by atomic mass is 10.1. The Morgan fingerprint density at radius 3 is 2.26 bits per heavy atom. The predicted octanol–water partition coefficient (Wildman–Crippen LogP) is 6.07. The number of aryl methyl sites for hydroxylation is 3. The minimum Gasteiger partial charge on any atom is -0.481 e. The Morgan fingerprint density at radius 2 is 1.57 bits per heavy atom. The summed E-state index contributed by atoms with van der Waals surface area (Å²) in [7, 11) is 0. The van der Waals surface area contributed by atoms with E-state index in [4.69, 9.17) is 9.52 Å². The van der Waals surface area contributed by atoms with Crippen LogP contribution in [0.25, 0.3) is 0 Å². The lowest BCUT2D eigenvalue weighted by Crippen LogP contribution is -1.93. The third-order valence-electron chi connectivity index (χ3n) is 4.39. The Hall–Kier alpha value is -1.25. The van der Waals surface area contributed by atoms with Gasteiger partial charge in [-0.1, -0.05) is 51.9 Å². The van der Waals surface area contributed by atoms with Gasteiger partial charge in [-0.25, -0.2) is 0 Å². The SMILES string of the molecule is CCCCCCc1oc(CCCCCCCCC(=O)O)cc1C. The lowest BCUT2D eigenvalue weighted by molar-refractivity contribution is -0.137. The van der Waals surface area contributed by atoms with Gasteiger partial charge in [-0.2, -0.15) is 0 Å². The molecule has 1 rings (SSSR count). The van der Waals surface area contributed by atoms with E-state index in [1.54, 1.807) is 0 Å². The van der Waals surface area contributed by atoms with Crippen LogP contribution in [0, 0.1) is 6.92 Å². The van der Waals surface area contributed by atoms with Crippen molar-refractivity contribution in [3.63, 3.8) is 0 Å². The van der Waals surface area contributed by atoms with Gasteiger partial charge in [0.25, 0.3) is 0 Å². The first-order valence-corrected chi connectivity index (χ1v) is 9.43. The Morgan fingerprint density at radius 1 is 0.957 bits per heavy atom. The maximum absolute atomic E-state index is 10.4. The summed E-state index contributed by atoms with van der Waals surface area (Å²) < 4.78 is 6.00. The molecule has 3 heteroatoms. The van der Waals surface area contributed by atoms with E-state index in [0.29, 0.717) is 6.42 Å². The van der Waals surface area contributed by atoms with Gasteiger partial charge in [0.2, 0.25) is 0 Å². The molecule has 0 radical (unpaired) electrons. The van der Waals surface area contributed by atoms with Crippen LogP contribution < -0.4 is 0 Å². The van der Waals surface area contributed by atoms with E-state index < -0.39 is 5.97 Å². The Bertz CT molecular complexity index is 434. The van der Waals surface area contributed by atoms with Crippen molar-refractivity contribution < 1.29 is 14.3 Å². The number of aliphatic carboxylic acids is 1. The van der Waals surface area contributed by atoms with Crippen molar-refractivity contribution >= 4 is 5.97 Å². The van der Waals surface area contributed by atoms with Crippen LogP contribution in [0.4, 0.5) is 0 Å². The predicted molar refractivity (Wildman–Crippen MR) is 94.9 cm³/mol. The minimum atomic E-state index is -0.677. The maximum Gasteiger partial charge on any atom is 0.303 e. The molecule has 1 aromatic heterocycles. The molecule has 0 aromatic carbocycles. The fourth-order valence-electron chi connectivity index (χ4n) is 2.96. The van der Waals surface area contributed by atoms with Crippen LogP contribution >= 0.6 is 0 Å². The molecule has 0 aliphatic heterocycles. The van der Waals surface area contributed by atoms with Crippen molar-refractivity contribution in [1.29, 1.82) is 0 Å². The number of rotatable bonds is 14. The van der Waals surface area contributed by atoms with Gasteiger partial charge in [0.1, 0.15) is 11.5 Å². The highest BCUT2D eigenvalue weighted by Gasteiger charge is 2.07. The summed E-state index contributed by atoms with van der Waals surface area (Å²) in [4.78, 5) is 10.4. The second-order valence-corrected chi connectivity index (χ2v) is 6.64. The van der Waals surface area contributed by atoms with E-state index >= 15 is 0 Å². The van der Waals surface area contributed by atoms with Gasteiger partial charge in [0.15, 0.2) is 0 Å². The quantitative estimate of drug-likeness (QED) is 0.423. The van der Waals surface area contributed by atoms with Gasteiger partial charge in [0, 0.05) is 19.3 Å². The summed E-state index contributed by atoms with van der Waals surface area (Å²) in [6, 6.07) is 2.21. The molecule has 0 saturated carbocycles. The first-order valence-electron chi connectivity index (χ1n) is 9.43. The van der Waals surface area contributed by atoms with Crippen molar-refractivity contribution in [2.45, 2.75) is 97.3 Å². The zero-order chi connectivity index (χ0) is 16.9. The molecular formula is C20H34O3. The number of hydrogen-bond acceptors (Lipinski definition) is 2. The van der Waals surface area contributed by atoms with Gasteiger partial charge in [-0.05, 0) is 37.8 Å². The average Bonchev–Trinajstić information content (AvgIpc) is 2.86. The molecular weight excluding hydrogens is 288 g/mol. The third kappa shape index (κ3) is 9.47. The van der Waals surface area contributed by atoms with Crippen LogP contribution in [0.2, 0.25) is 0 Å². The van der Waals surface area contributed by atoms with E-state index in [0.717, 1.165) is 37.9 Å². The molecule has 1 aromatic rings. The second kappa shape index (κ2) is 12.2. The number of hydrogen-bond donors (Lipinski definition) is 1. The van der Waals surface area contributed by atoms with Gasteiger partial charge in [0.05, 0.1) is 0 Å². The highest BCUT2D eigenvalue weighted by molar-refractivity contribution is 5.66. The number of unbranched alkanes of at least 4 members (excludes halogenated alkanes) is 8. The van der Waals surface area contributed by atoms with Crippen molar-refractivity contribution in [2.75, 3.05) is 0 Å². The number of carboxylic acids is 1. The van der Waals surface area contributed by atoms with E-state index in [-0.39, 0.29) is 0 Å². The first kappa shape index (κ1) is 19.8. The average molecular weight is 322 g/mol. The van der Waals surface area contributed by atoms with E-state index in [2.05, 4.69) is 19.9 Å². The normalized spacial score (nSPS) is 11.0. The lowest BCUT2D eigenvalue weighted by Gasteiger charge is -2.01. The fourth-order valence-corrected chi connectivity index (χ4v) is 2.96. The molecule has 0 atom stereocenters. The van der Waals surface area contributed by atoms with Crippen LogP contribution in [0.5, 0.6) is 0 Å². The fraction of sp³-hybridized carbons (Fsp3) is 0.750. The van der Waals surface area contributed by atoms with Gasteiger partial charge >= 0.3 is 5.97 Å². The molecule has 0 saturated heterocycles. The van der Waals surface area contributed by atoms with E-state index in [1.807, 2.05) is 0 Å². The third-order valence-corrected chi connectivity index (χ3v) is 4.39. The van der Waals surface area contributed by atoms with Gasteiger partial charge < -0.3 is 9.52 Å². The van der Waals surface area contributed by atoms with Crippen LogP contribution in [0.3, 0.4) is 0 Å². The topological polar surface area (TPSA) is 50.4 Å². The summed E-state index contributed by atoms with van der Waals surface area (Å²) in [6.07, 6.45) is 14.1. The number of furan rings is 1. The molecule has 3 nitrogen and oxygen atoms in total. The number of carbonyl (C=O) groups is 1. The summed E-state index contributed by atoms with van der Waals surface area (Å²) in [5.74, 6) is 1.65. The van der Waals surface area contributed by atoms with Crippen molar-refractivity contribution in [3.8, 4) is 0 Å². The molecule has 0 aliphatic rings. The molecule has 1 heterocycles. The molecule has 0 bridgehead atoms. The summed E-state index contributed by atoms with van der Waals surface area (Å²) in [5.41, 5.74) is 1.31. The number of carboxylic acid groups (broad SMARTS) is 1. The molecule has 1 N–H and O–H groups in total. The summed E-state index contributed by atoms with van der Waals surface area (Å²) >= 11 is 0. The Labute approximate surface area is 141 Å². The molecule has 23 heavy (non-hydrogen) atoms. The Kier molecular flexibility index (Phi) is 10.5. The second-order valence-electron chi connectivity index (χ2n) is 6.64. The molecule has 0 spiro atoms. The summed E-state index contributed by atoms with van der Waals surface area (Å²) in [6.45, 7) is 4.40. The zero-order valence-corrected chi connectivity index (χ0v) is 15.0. The molecule has 0 aliphatic carbocycles. The highest BCUT2D eigenvalue weighted by Crippen LogP contribution is 2.20. The van der Waals surface area contributed by atoms with Crippen molar-refractivity contribution in [2.24, 2.45) is 0 Å². The van der Waals surface area contributed by atoms with E-state index in [9.17, 15) is 4.79 Å². The van der Waals surface area contributed by atoms with Crippen LogP contribution in [-0.4, -0.2) is 11.1 Å². The van der Waals surface area contributed by atoms with Gasteiger partial charge in [-0.15, -0.1) is 0 Å². The first-order chi connectivity index (χ1) is 11.1. The highest BCUT2D eigenvalue weighted by atomic mass is 16.4. The van der Waals surface area contributed by atoms with E-state index in [1.165, 1.54) is 56.3 Å². The van der Waals surface area contributed by atoms with Gasteiger partial charge in [-0.3, -0.25) is 4.79 Å². The van der Waals surface area contributed by atoms with Crippen molar-refractivity contribution in [3.05, 3.63) is 23.2 Å². The largest absolute Gasteiger partial charge is 0.481 e. The molecule has 0 fully saturated rings. The monoisotopic (exact) mass is 322 g/mol. The standard InChI is InChI=1S/C20H34O3/c1-3-4-5-11-14-19-17(2)16-18(23-19)13-10-8-6-7-9-12-15-20(21)22/h16H,3-15H2,1-2H3,(H,21,22). The van der Waals surface area contributed by atoms with Crippen LogP contribution in [-0.2, 0) is 17.6 Å². The Balaban J connectivity index is 2.09. The van der Waals surface area contributed by atoms with Crippen LogP contribution in [0.15, 0.2) is 10.5 Å². The van der Waals surface area contributed by atoms with Crippen LogP contribution in [0.1, 0.15) is 94.6 Å². The minimum absolute atomic E-state index is 0.312. The molecule has 132 valence electrons. The molecule has 0 amide bonds. The maximum atomic E-state index is 10.4. The summed E-state index contributed by atoms with van der Waals surface area (Å²) in [5, 5.41) is 8.57. The zero-order valence-electron chi connectivity index (χ0n) is 15.0. The smallest absolute Gasteiger partial charge is 0.303 e.